The van der Waals surface area contributed by atoms with E-state index >= 15 is 0 Å². The van der Waals surface area contributed by atoms with E-state index in [1.54, 1.807) is 0 Å². The summed E-state index contributed by atoms with van der Waals surface area (Å²) in [5, 5.41) is 162. The molecule has 28 nitrogen and oxygen atoms in total. The lowest BCUT2D eigenvalue weighted by molar-refractivity contribution is -0.382. The molecule has 0 bridgehead atoms. The first-order chi connectivity index (χ1) is 29.2. The van der Waals surface area contributed by atoms with E-state index < -0.39 is 192 Å². The van der Waals surface area contributed by atoms with Crippen molar-refractivity contribution in [3.63, 3.8) is 0 Å². The van der Waals surface area contributed by atoms with Crippen molar-refractivity contribution >= 4 is 18.1 Å². The van der Waals surface area contributed by atoms with Crippen molar-refractivity contribution < 1.29 is 129 Å². The van der Waals surface area contributed by atoms with Gasteiger partial charge < -0.3 is 130 Å². The Labute approximate surface area is 351 Å². The van der Waals surface area contributed by atoms with Crippen molar-refractivity contribution in [2.45, 2.75) is 161 Å². The molecule has 28 heteroatoms. The van der Waals surface area contributed by atoms with E-state index in [1.807, 2.05) is 0 Å². The molecule has 17 N–H and O–H groups in total. The van der Waals surface area contributed by atoms with Gasteiger partial charge in [-0.15, -0.1) is 0 Å². The third kappa shape index (κ3) is 11.9. The number of amides is 2. The van der Waals surface area contributed by atoms with Crippen LogP contribution in [-0.4, -0.2) is 275 Å². The summed E-state index contributed by atoms with van der Waals surface area (Å²) in [7, 11) is 0. The molecule has 4 saturated heterocycles. The van der Waals surface area contributed by atoms with Gasteiger partial charge in [0, 0.05) is 13.8 Å². The summed E-state index contributed by atoms with van der Waals surface area (Å²) >= 11 is 0. The SMILES string of the molecule is CC(=O)N[C@@H]1[C@H](O[C@H]([C@@H](O)[C@@H](C=O)NC(C)=O)[C@H](O)CO)O[C@H](CO)[C@@H](O[C@H]2O[C@@H](CO[C@@H]3O[C@H](CO)[C@H](O)[C@@H](O)[C@@H]3O)[C@H](O)[C@@H](O[C@@H]3O[C@H](CO)[C@@H](O)[C@H](O)[C@@H]3O)[C@@H]2O)[C@@H]1O. The molecule has 62 heavy (non-hydrogen) atoms. The summed E-state index contributed by atoms with van der Waals surface area (Å²) in [6, 6.07) is -3.51. The number of aliphatic hydroxyl groups excluding tert-OH is 15. The van der Waals surface area contributed by atoms with Gasteiger partial charge >= 0.3 is 0 Å². The predicted molar refractivity (Wildman–Crippen MR) is 191 cm³/mol. The highest BCUT2D eigenvalue weighted by Crippen LogP contribution is 2.34. The lowest BCUT2D eigenvalue weighted by atomic mass is 9.94. The Hall–Kier alpha value is -2.31. The highest BCUT2D eigenvalue weighted by molar-refractivity contribution is 5.77. The second-order valence-corrected chi connectivity index (χ2v) is 15.1. The number of rotatable bonds is 19. The number of carbonyl (C=O) groups excluding carboxylic acids is 3. The van der Waals surface area contributed by atoms with Gasteiger partial charge in [0.25, 0.3) is 0 Å². The van der Waals surface area contributed by atoms with Crippen molar-refractivity contribution in [1.29, 1.82) is 0 Å². The standard InChI is InChI=1S/C34H58N2O26/c1-9(42)35-11(3-37)18(45)28(12(44)4-38)60-31-17(36-10(2)43)22(49)29(15(7-41)58-31)61-34-27(54)30(62-33-26(53)24(51)20(47)14(6-40)57-33)21(48)16(59-34)8-55-32-25(52)23(50)19(46)13(5-39)56-32/h3,11-34,38-41,44-54H,4-8H2,1-2H3,(H,35,42)(H,36,43)/t11-,12-,13-,14-,15-,16+,17+,18+,19+,20-,21+,22-,23-,24+,25+,26+,27+,28+,29-,30-,31+,32-,33+,34-/m1/s1. The highest BCUT2D eigenvalue weighted by atomic mass is 16.8. The zero-order chi connectivity index (χ0) is 46.3. The second-order valence-electron chi connectivity index (χ2n) is 15.1. The molecule has 4 aliphatic heterocycles. The molecule has 0 aliphatic carbocycles. The number of aldehydes is 1. The van der Waals surface area contributed by atoms with E-state index in [-0.39, 0.29) is 6.29 Å². The minimum Gasteiger partial charge on any atom is -0.394 e. The molecule has 0 spiro atoms. The van der Waals surface area contributed by atoms with E-state index in [1.165, 1.54) is 0 Å². The second kappa shape index (κ2) is 23.2. The molecule has 4 heterocycles. The molecule has 0 saturated carbocycles. The van der Waals surface area contributed by atoms with Crippen LogP contribution in [0.25, 0.3) is 0 Å². The molecule has 0 unspecified atom stereocenters. The van der Waals surface area contributed by atoms with Crippen LogP contribution in [0.2, 0.25) is 0 Å². The Morgan fingerprint density at radius 1 is 0.597 bits per heavy atom. The maximum atomic E-state index is 12.4. The van der Waals surface area contributed by atoms with Gasteiger partial charge in [0.05, 0.1) is 33.0 Å². The summed E-state index contributed by atoms with van der Waals surface area (Å²) in [5.41, 5.74) is 0. The zero-order valence-corrected chi connectivity index (χ0v) is 33.2. The maximum absolute atomic E-state index is 12.4. The van der Waals surface area contributed by atoms with Crippen molar-refractivity contribution in [2.75, 3.05) is 33.0 Å². The minimum atomic E-state index is -2.21. The maximum Gasteiger partial charge on any atom is 0.217 e. The Balaban J connectivity index is 1.65. The van der Waals surface area contributed by atoms with Crippen LogP contribution in [0.5, 0.6) is 0 Å². The first-order valence-corrected chi connectivity index (χ1v) is 19.4. The van der Waals surface area contributed by atoms with Crippen LogP contribution in [0.1, 0.15) is 13.8 Å². The van der Waals surface area contributed by atoms with Gasteiger partial charge in [0.1, 0.15) is 128 Å². The fraction of sp³-hybridized carbons (Fsp3) is 0.912. The topological polar surface area (TPSA) is 453 Å². The fourth-order valence-electron chi connectivity index (χ4n) is 7.23. The van der Waals surface area contributed by atoms with E-state index in [0.29, 0.717) is 0 Å². The van der Waals surface area contributed by atoms with Crippen molar-refractivity contribution in [2.24, 2.45) is 0 Å². The predicted octanol–water partition coefficient (Wildman–Crippen LogP) is -11.8. The van der Waals surface area contributed by atoms with E-state index in [9.17, 15) is 91.0 Å². The summed E-state index contributed by atoms with van der Waals surface area (Å²) in [6.07, 6.45) is -42.2. The molecule has 4 aliphatic rings. The number of ether oxygens (including phenoxy) is 8. The summed E-state index contributed by atoms with van der Waals surface area (Å²) in [6.45, 7) is -2.77. The van der Waals surface area contributed by atoms with E-state index in [0.717, 1.165) is 13.8 Å². The van der Waals surface area contributed by atoms with Gasteiger partial charge in [-0.25, -0.2) is 0 Å². The van der Waals surface area contributed by atoms with E-state index in [2.05, 4.69) is 10.6 Å². The number of nitrogens with one attached hydrogen (secondary N) is 2. The molecule has 0 radical (unpaired) electrons. The Bertz CT molecular complexity index is 1420. The fourth-order valence-corrected chi connectivity index (χ4v) is 7.23. The third-order valence-corrected chi connectivity index (χ3v) is 10.6. The Kier molecular flexibility index (Phi) is 19.6. The third-order valence-electron chi connectivity index (χ3n) is 10.6. The molecule has 2 amide bonds. The van der Waals surface area contributed by atoms with Gasteiger partial charge in [-0.1, -0.05) is 0 Å². The van der Waals surface area contributed by atoms with Crippen molar-refractivity contribution in [3.8, 4) is 0 Å². The number of aliphatic hydroxyl groups is 15. The van der Waals surface area contributed by atoms with Crippen molar-refractivity contribution in [1.82, 2.24) is 10.6 Å². The quantitative estimate of drug-likeness (QED) is 0.0535. The van der Waals surface area contributed by atoms with Crippen LogP contribution in [0, 0.1) is 0 Å². The molecule has 0 aromatic rings. The van der Waals surface area contributed by atoms with Crippen molar-refractivity contribution in [3.05, 3.63) is 0 Å². The van der Waals surface area contributed by atoms with Crippen LogP contribution in [0.3, 0.4) is 0 Å². The lowest BCUT2D eigenvalue weighted by Gasteiger charge is -2.49. The summed E-state index contributed by atoms with van der Waals surface area (Å²) in [4.78, 5) is 35.8. The first kappa shape index (κ1) is 52.3. The zero-order valence-electron chi connectivity index (χ0n) is 33.2. The minimum absolute atomic E-state index is 0.0952. The summed E-state index contributed by atoms with van der Waals surface area (Å²) in [5.74, 6) is -1.64. The lowest BCUT2D eigenvalue weighted by Crippen LogP contribution is -2.69. The van der Waals surface area contributed by atoms with Crippen LogP contribution in [0.4, 0.5) is 0 Å². The molecule has 0 aromatic heterocycles. The number of hydrogen-bond acceptors (Lipinski definition) is 26. The highest BCUT2D eigenvalue weighted by Gasteiger charge is 2.55. The van der Waals surface area contributed by atoms with Crippen LogP contribution < -0.4 is 10.6 Å². The van der Waals surface area contributed by atoms with E-state index in [4.69, 9.17) is 37.9 Å². The molecule has 360 valence electrons. The first-order valence-electron chi connectivity index (χ1n) is 19.4. The van der Waals surface area contributed by atoms with Gasteiger partial charge in [0.2, 0.25) is 11.8 Å². The molecule has 4 fully saturated rings. The average molecular weight is 911 g/mol. The largest absolute Gasteiger partial charge is 0.394 e. The van der Waals surface area contributed by atoms with Crippen LogP contribution >= 0.6 is 0 Å². The molecule has 4 rings (SSSR count). The van der Waals surface area contributed by atoms with Gasteiger partial charge in [-0.2, -0.15) is 0 Å². The summed E-state index contributed by atoms with van der Waals surface area (Å²) < 4.78 is 45.0. The average Bonchev–Trinajstić information content (AvgIpc) is 3.24. The van der Waals surface area contributed by atoms with Gasteiger partial charge in [0.15, 0.2) is 25.2 Å². The molecular weight excluding hydrogens is 852 g/mol. The molecule has 0 aromatic carbocycles. The van der Waals surface area contributed by atoms with Gasteiger partial charge in [-0.3, -0.25) is 9.59 Å². The van der Waals surface area contributed by atoms with Gasteiger partial charge in [-0.05, 0) is 0 Å². The Morgan fingerprint density at radius 2 is 1.10 bits per heavy atom. The number of hydrogen-bond donors (Lipinski definition) is 17. The molecular formula is C34H58N2O26. The van der Waals surface area contributed by atoms with Crippen LogP contribution in [-0.2, 0) is 52.3 Å². The monoisotopic (exact) mass is 910 g/mol. The smallest absolute Gasteiger partial charge is 0.217 e. The Morgan fingerprint density at radius 3 is 1.61 bits per heavy atom. The molecule has 24 atom stereocenters. The normalized spacial score (nSPS) is 43.5. The van der Waals surface area contributed by atoms with Crippen LogP contribution in [0.15, 0.2) is 0 Å². The number of carbonyl (C=O) groups is 3.